The molecule has 12 heteroatoms. The molecule has 2 aromatic carbocycles. The topological polar surface area (TPSA) is 127 Å². The second-order valence-electron chi connectivity index (χ2n) is 16.3. The van der Waals surface area contributed by atoms with Crippen molar-refractivity contribution < 1.29 is 29.4 Å². The van der Waals surface area contributed by atoms with Crippen LogP contribution in [0.5, 0.6) is 5.75 Å². The van der Waals surface area contributed by atoms with Gasteiger partial charge in [0, 0.05) is 61.0 Å². The van der Waals surface area contributed by atoms with Crippen LogP contribution in [0.4, 0.5) is 5.69 Å². The molecule has 3 aliphatic carbocycles. The van der Waals surface area contributed by atoms with Gasteiger partial charge in [-0.2, -0.15) is 5.06 Å². The van der Waals surface area contributed by atoms with Gasteiger partial charge in [0.2, 0.25) is 5.91 Å². The van der Waals surface area contributed by atoms with Gasteiger partial charge in [-0.3, -0.25) is 14.4 Å². The Morgan fingerprint density at radius 1 is 1.13 bits per heavy atom. The van der Waals surface area contributed by atoms with Crippen LogP contribution in [0.1, 0.15) is 62.9 Å². The molecule has 4 aliphatic rings. The van der Waals surface area contributed by atoms with E-state index in [1.165, 1.54) is 5.57 Å². The highest BCUT2D eigenvalue weighted by Gasteiger charge is 2.52. The first kappa shape index (κ1) is 41.0. The average Bonchev–Trinajstić information content (AvgIpc) is 3.47. The smallest absolute Gasteiger partial charge is 0.251 e. The third-order valence-corrected chi connectivity index (χ3v) is 11.8. The summed E-state index contributed by atoms with van der Waals surface area (Å²) in [6.45, 7) is 12.8. The Balaban J connectivity index is 1.48. The number of carbonyl (C=O) groups excluding carboxylic acids is 2. The normalized spacial score (nSPS) is 26.7. The Morgan fingerprint density at radius 2 is 1.85 bits per heavy atom. The molecular formula is C41H60ClN5O6. The molecule has 6 rings (SSSR count). The third kappa shape index (κ3) is 8.87. The van der Waals surface area contributed by atoms with Gasteiger partial charge in [-0.05, 0) is 93.8 Å². The number of rotatable bonds is 15. The van der Waals surface area contributed by atoms with E-state index in [1.54, 1.807) is 25.2 Å². The van der Waals surface area contributed by atoms with Crippen LogP contribution < -0.4 is 20.3 Å². The fourth-order valence-electron chi connectivity index (χ4n) is 8.69. The van der Waals surface area contributed by atoms with Crippen LogP contribution in [0.2, 0.25) is 5.02 Å². The number of amides is 2. The van der Waals surface area contributed by atoms with E-state index in [4.69, 9.17) is 21.2 Å². The Bertz CT molecular complexity index is 1640. The predicted octanol–water partition coefficient (Wildman–Crippen LogP) is 4.98. The molecule has 0 spiro atoms. The van der Waals surface area contributed by atoms with Crippen LogP contribution in [-0.4, -0.2) is 111 Å². The van der Waals surface area contributed by atoms with E-state index >= 15 is 0 Å². The van der Waals surface area contributed by atoms with Crippen molar-refractivity contribution in [1.29, 1.82) is 0 Å². The zero-order valence-electron chi connectivity index (χ0n) is 32.9. The van der Waals surface area contributed by atoms with Crippen molar-refractivity contribution in [3.05, 3.63) is 58.6 Å². The minimum absolute atomic E-state index is 0.0167. The number of benzene rings is 2. The summed E-state index contributed by atoms with van der Waals surface area (Å²) >= 11 is 6.95. The summed E-state index contributed by atoms with van der Waals surface area (Å²) in [6.07, 6.45) is 1.08. The first-order valence-electron chi connectivity index (χ1n) is 18.9. The maximum atomic E-state index is 14.2. The van der Waals surface area contributed by atoms with Crippen LogP contribution in [-0.2, 0) is 16.2 Å². The number of hydroxylamine groups is 2. The molecule has 11 nitrogen and oxygen atoms in total. The summed E-state index contributed by atoms with van der Waals surface area (Å²) in [5, 5.41) is 29.8. The lowest BCUT2D eigenvalue weighted by molar-refractivity contribution is -0.182. The zero-order chi connectivity index (χ0) is 38.9. The van der Waals surface area contributed by atoms with Crippen molar-refractivity contribution in [3.8, 4) is 16.9 Å². The first-order valence-corrected chi connectivity index (χ1v) is 19.3. The van der Waals surface area contributed by atoms with Gasteiger partial charge in [-0.1, -0.05) is 50.6 Å². The number of methoxy groups -OCH3 is 1. The van der Waals surface area contributed by atoms with E-state index in [9.17, 15) is 19.8 Å². The van der Waals surface area contributed by atoms with Gasteiger partial charge in [0.25, 0.3) is 5.91 Å². The van der Waals surface area contributed by atoms with Crippen molar-refractivity contribution in [1.82, 2.24) is 20.6 Å². The highest BCUT2D eigenvalue weighted by Crippen LogP contribution is 2.52. The largest absolute Gasteiger partial charge is 0.496 e. The molecule has 0 aromatic heterocycles. The van der Waals surface area contributed by atoms with Crippen molar-refractivity contribution in [2.45, 2.75) is 83.8 Å². The summed E-state index contributed by atoms with van der Waals surface area (Å²) in [5.74, 6) is 0.850. The number of halogens is 1. The number of nitrogens with zero attached hydrogens (tertiary/aromatic N) is 3. The fourth-order valence-corrected chi connectivity index (χ4v) is 8.94. The minimum Gasteiger partial charge on any atom is -0.496 e. The number of anilines is 1. The van der Waals surface area contributed by atoms with E-state index in [1.807, 2.05) is 57.4 Å². The number of hydrogen-bond acceptors (Lipinski definition) is 9. The van der Waals surface area contributed by atoms with Crippen molar-refractivity contribution in [3.63, 3.8) is 0 Å². The molecule has 9 atom stereocenters. The number of nitrogens with one attached hydrogen (secondary N) is 2. The lowest BCUT2D eigenvalue weighted by Gasteiger charge is -2.52. The Kier molecular flexibility index (Phi) is 13.2. The summed E-state index contributed by atoms with van der Waals surface area (Å²) in [7, 11) is 9.40. The van der Waals surface area contributed by atoms with E-state index in [2.05, 4.69) is 42.9 Å². The first-order chi connectivity index (χ1) is 25.0. The summed E-state index contributed by atoms with van der Waals surface area (Å²) in [6, 6.07) is 8.34. The average molecular weight is 754 g/mol. The second kappa shape index (κ2) is 17.1. The highest BCUT2D eigenvalue weighted by atomic mass is 35.5. The van der Waals surface area contributed by atoms with E-state index in [0.29, 0.717) is 57.3 Å². The fraction of sp³-hybridized carbons (Fsp3) is 0.610. The molecular weight excluding hydrogens is 694 g/mol. The molecule has 1 saturated heterocycles. The summed E-state index contributed by atoms with van der Waals surface area (Å²) in [5.41, 5.74) is 4.55. The third-order valence-electron chi connectivity index (χ3n) is 11.4. The van der Waals surface area contributed by atoms with Gasteiger partial charge in [0.15, 0.2) is 0 Å². The SMILES string of the molecule is C=C1C2C[C@@H]1C[C@H](NC(=O)[C@@H]1[C@H]([C@H](C)O)[C@H](CO)ON1Cc1ccc(Cl)c(-c3cc(C(=O)N[C@@H](CC(C)C)CN(C)C)cc(N(C)C)c3)c1OC)[C@H]2C. The van der Waals surface area contributed by atoms with Crippen molar-refractivity contribution in [2.75, 3.05) is 53.4 Å². The molecule has 1 aliphatic heterocycles. The van der Waals surface area contributed by atoms with Gasteiger partial charge < -0.3 is 35.4 Å². The van der Waals surface area contributed by atoms with E-state index in [-0.39, 0.29) is 43.0 Å². The van der Waals surface area contributed by atoms with Crippen LogP contribution in [0.25, 0.3) is 11.1 Å². The number of fused-ring (bicyclic) bond motifs is 2. The van der Waals surface area contributed by atoms with E-state index in [0.717, 1.165) is 24.9 Å². The second-order valence-corrected chi connectivity index (χ2v) is 16.7. The van der Waals surface area contributed by atoms with Crippen LogP contribution in [0.15, 0.2) is 42.5 Å². The molecule has 2 amide bonds. The molecule has 0 radical (unpaired) electrons. The maximum absolute atomic E-state index is 14.2. The van der Waals surface area contributed by atoms with Crippen LogP contribution >= 0.6 is 11.6 Å². The van der Waals surface area contributed by atoms with E-state index < -0.39 is 24.2 Å². The maximum Gasteiger partial charge on any atom is 0.251 e. The number of allylic oxidation sites excluding steroid dienone is 1. The quantitative estimate of drug-likeness (QED) is 0.187. The summed E-state index contributed by atoms with van der Waals surface area (Å²) in [4.78, 5) is 38.3. The summed E-state index contributed by atoms with van der Waals surface area (Å²) < 4.78 is 6.07. The number of aliphatic hydroxyl groups is 2. The molecule has 1 unspecified atom stereocenters. The van der Waals surface area contributed by atoms with Gasteiger partial charge in [0.1, 0.15) is 17.9 Å². The Labute approximate surface area is 320 Å². The van der Waals surface area contributed by atoms with Gasteiger partial charge in [-0.15, -0.1) is 0 Å². The van der Waals surface area contributed by atoms with Gasteiger partial charge in [0.05, 0.1) is 31.4 Å². The zero-order valence-corrected chi connectivity index (χ0v) is 33.6. The predicted molar refractivity (Wildman–Crippen MR) is 210 cm³/mol. The molecule has 4 fully saturated rings. The number of carbonyl (C=O) groups is 2. The lowest BCUT2D eigenvalue weighted by atomic mass is 9.56. The number of hydrogen-bond donors (Lipinski definition) is 4. The Hall–Kier alpha value is -3.19. The number of aliphatic hydroxyl groups excluding tert-OH is 2. The highest BCUT2D eigenvalue weighted by molar-refractivity contribution is 6.33. The molecule has 53 heavy (non-hydrogen) atoms. The molecule has 3 saturated carbocycles. The molecule has 4 N–H and O–H groups in total. The monoisotopic (exact) mass is 753 g/mol. The lowest BCUT2D eigenvalue weighted by Crippen LogP contribution is -2.57. The van der Waals surface area contributed by atoms with Crippen molar-refractivity contribution >= 4 is 29.1 Å². The molecule has 2 aromatic rings. The van der Waals surface area contributed by atoms with Crippen LogP contribution in [0.3, 0.4) is 0 Å². The molecule has 1 heterocycles. The van der Waals surface area contributed by atoms with Gasteiger partial charge >= 0.3 is 0 Å². The minimum atomic E-state index is -0.927. The Morgan fingerprint density at radius 3 is 2.42 bits per heavy atom. The number of likely N-dealkylation sites (N-methyl/N-ethyl adjacent to an activating group) is 1. The standard InChI is InChI=1S/C41H60ClN5O6/c1-22(2)13-30(20-45(6)7)43-40(50)29-14-28(15-31(16-29)46(8)9)37-33(42)12-11-26(39(37)52-10)19-47-38(36(25(5)49)35(21-48)53-47)41(51)44-34-18-27-17-32(23(27)3)24(34)4/h11-12,14-16,22,24-25,27,30,32,34-36,38,48-49H,3,13,17-21H2,1-2,4-10H3,(H,43,50)(H,44,51)/t24-,25-,27+,30-,32?,34-,35-,36+,38-/m0/s1. The number of ether oxygens (including phenoxy) is 1. The van der Waals surface area contributed by atoms with Gasteiger partial charge in [-0.25, -0.2) is 0 Å². The molecule has 2 bridgehead atoms. The van der Waals surface area contributed by atoms with Crippen LogP contribution in [0, 0.1) is 29.6 Å². The molecule has 292 valence electrons. The van der Waals surface area contributed by atoms with Crippen molar-refractivity contribution in [2.24, 2.45) is 29.6 Å².